The summed E-state index contributed by atoms with van der Waals surface area (Å²) in [5, 5.41) is 12.3. The lowest BCUT2D eigenvalue weighted by atomic mass is 9.97. The van der Waals surface area contributed by atoms with Gasteiger partial charge in [0, 0.05) is 30.8 Å². The number of hydroxylamine groups is 1. The van der Waals surface area contributed by atoms with E-state index < -0.39 is 5.91 Å². The van der Waals surface area contributed by atoms with Gasteiger partial charge in [0.15, 0.2) is 0 Å². The Kier molecular flexibility index (Phi) is 7.11. The predicted octanol–water partition coefficient (Wildman–Crippen LogP) is 2.58. The molecule has 166 valence electrons. The van der Waals surface area contributed by atoms with E-state index in [0.717, 1.165) is 32.6 Å². The maximum Gasteiger partial charge on any atom is 0.276 e. The number of hydrogen-bond donors (Lipinski definition) is 3. The van der Waals surface area contributed by atoms with Crippen molar-refractivity contribution < 1.29 is 19.1 Å². The molecule has 1 saturated carbocycles. The highest BCUT2D eigenvalue weighted by atomic mass is 19.1. The minimum Gasteiger partial charge on any atom is -0.476 e. The molecule has 1 aromatic heterocycles. The summed E-state index contributed by atoms with van der Waals surface area (Å²) >= 11 is 0. The first-order valence-corrected chi connectivity index (χ1v) is 10.9. The number of nitrogens with zero attached hydrogens (tertiary/aromatic N) is 2. The lowest BCUT2D eigenvalue weighted by molar-refractivity contribution is 0.0706. The molecule has 8 heteroatoms. The molecular weight excluding hydrogens is 399 g/mol. The summed E-state index contributed by atoms with van der Waals surface area (Å²) in [5.74, 6) is 0.919. The van der Waals surface area contributed by atoms with Gasteiger partial charge in [-0.2, -0.15) is 0 Å². The molecule has 4 rings (SSSR count). The van der Waals surface area contributed by atoms with Crippen LogP contribution in [0.3, 0.4) is 0 Å². The molecule has 2 atom stereocenters. The van der Waals surface area contributed by atoms with Crippen molar-refractivity contribution >= 4 is 5.91 Å². The van der Waals surface area contributed by atoms with Crippen LogP contribution in [0.2, 0.25) is 0 Å². The summed E-state index contributed by atoms with van der Waals surface area (Å²) < 4.78 is 18.7. The number of pyridine rings is 1. The first-order chi connectivity index (χ1) is 15.1. The third kappa shape index (κ3) is 6.00. The maximum atomic E-state index is 13.1. The summed E-state index contributed by atoms with van der Waals surface area (Å²) in [6, 6.07) is 10.6. The van der Waals surface area contributed by atoms with E-state index in [4.69, 9.17) is 9.94 Å². The number of halogens is 1. The molecule has 3 N–H and O–H groups in total. The zero-order valence-corrected chi connectivity index (χ0v) is 17.5. The molecule has 2 heterocycles. The molecule has 0 bridgehead atoms. The van der Waals surface area contributed by atoms with E-state index >= 15 is 0 Å². The number of benzene rings is 1. The molecule has 1 saturated heterocycles. The van der Waals surface area contributed by atoms with Gasteiger partial charge in [-0.1, -0.05) is 12.1 Å². The average molecular weight is 429 g/mol. The number of piperidine rings is 1. The van der Waals surface area contributed by atoms with Crippen LogP contribution in [0, 0.1) is 11.7 Å². The number of carbonyl (C=O) groups is 1. The molecule has 1 aliphatic heterocycles. The first kappa shape index (κ1) is 21.7. The zero-order valence-electron chi connectivity index (χ0n) is 17.5. The zero-order chi connectivity index (χ0) is 21.6. The number of nitrogens with one attached hydrogen (secondary N) is 2. The van der Waals surface area contributed by atoms with Crippen LogP contribution in [0.25, 0.3) is 0 Å². The van der Waals surface area contributed by atoms with Crippen molar-refractivity contribution in [2.24, 2.45) is 5.92 Å². The summed E-state index contributed by atoms with van der Waals surface area (Å²) in [6.07, 6.45) is 4.86. The molecule has 2 aliphatic rings. The fourth-order valence-corrected chi connectivity index (χ4v) is 4.18. The summed E-state index contributed by atoms with van der Waals surface area (Å²) in [6.45, 7) is 4.55. The molecule has 2 aromatic rings. The number of carbonyl (C=O) groups excluding carboxylic acids is 1. The van der Waals surface area contributed by atoms with Gasteiger partial charge >= 0.3 is 0 Å². The van der Waals surface area contributed by atoms with Crippen LogP contribution in [-0.4, -0.2) is 59.8 Å². The lowest BCUT2D eigenvalue weighted by Gasteiger charge is -2.32. The van der Waals surface area contributed by atoms with Crippen molar-refractivity contribution in [3.05, 3.63) is 59.5 Å². The van der Waals surface area contributed by atoms with Crippen LogP contribution < -0.4 is 15.5 Å². The van der Waals surface area contributed by atoms with Gasteiger partial charge in [-0.05, 0) is 68.6 Å². The van der Waals surface area contributed by atoms with Crippen molar-refractivity contribution in [2.75, 3.05) is 32.8 Å². The van der Waals surface area contributed by atoms with E-state index in [0.29, 0.717) is 30.4 Å². The van der Waals surface area contributed by atoms with E-state index in [1.165, 1.54) is 24.6 Å². The second-order valence-electron chi connectivity index (χ2n) is 8.37. The van der Waals surface area contributed by atoms with Crippen molar-refractivity contribution in [2.45, 2.75) is 31.2 Å². The minimum atomic E-state index is -0.593. The molecule has 0 radical (unpaired) electrons. The third-order valence-electron chi connectivity index (χ3n) is 6.22. The molecule has 1 aliphatic carbocycles. The monoisotopic (exact) mass is 428 g/mol. The van der Waals surface area contributed by atoms with Gasteiger partial charge < -0.3 is 10.1 Å². The second kappa shape index (κ2) is 10.2. The Bertz CT molecular complexity index is 854. The molecule has 0 spiro atoms. The van der Waals surface area contributed by atoms with E-state index in [1.807, 2.05) is 12.1 Å². The Labute approximate surface area is 181 Å². The van der Waals surface area contributed by atoms with Crippen LogP contribution in [-0.2, 0) is 0 Å². The SMILES string of the molecule is O=C(NO)c1ccc(OCCN2CCC(CNC3CC3c3ccc(F)cc3)CC2)nc1. The van der Waals surface area contributed by atoms with Crippen LogP contribution in [0.1, 0.15) is 41.1 Å². The molecule has 7 nitrogen and oxygen atoms in total. The highest BCUT2D eigenvalue weighted by molar-refractivity contribution is 5.92. The minimum absolute atomic E-state index is 0.174. The van der Waals surface area contributed by atoms with Crippen molar-refractivity contribution in [3.63, 3.8) is 0 Å². The van der Waals surface area contributed by atoms with Gasteiger partial charge in [0.25, 0.3) is 5.91 Å². The Morgan fingerprint density at radius 1 is 1.19 bits per heavy atom. The highest BCUT2D eigenvalue weighted by Crippen LogP contribution is 2.40. The van der Waals surface area contributed by atoms with Gasteiger partial charge in [-0.25, -0.2) is 14.9 Å². The van der Waals surface area contributed by atoms with Gasteiger partial charge in [-0.3, -0.25) is 14.9 Å². The van der Waals surface area contributed by atoms with E-state index in [-0.39, 0.29) is 11.4 Å². The third-order valence-corrected chi connectivity index (χ3v) is 6.22. The fraction of sp³-hybridized carbons (Fsp3) is 0.478. The van der Waals surface area contributed by atoms with E-state index in [1.54, 1.807) is 29.7 Å². The molecule has 1 aromatic carbocycles. The van der Waals surface area contributed by atoms with E-state index in [9.17, 15) is 9.18 Å². The van der Waals surface area contributed by atoms with Crippen molar-refractivity contribution in [1.82, 2.24) is 20.7 Å². The predicted molar refractivity (Wildman–Crippen MR) is 114 cm³/mol. The largest absolute Gasteiger partial charge is 0.476 e. The second-order valence-corrected chi connectivity index (χ2v) is 8.37. The summed E-state index contributed by atoms with van der Waals surface area (Å²) in [5.41, 5.74) is 3.09. The Hall–Kier alpha value is -2.55. The topological polar surface area (TPSA) is 86.7 Å². The Morgan fingerprint density at radius 3 is 2.65 bits per heavy atom. The molecular formula is C23H29FN4O3. The van der Waals surface area contributed by atoms with Crippen molar-refractivity contribution in [1.29, 1.82) is 0 Å². The van der Waals surface area contributed by atoms with Gasteiger partial charge in [0.1, 0.15) is 12.4 Å². The highest BCUT2D eigenvalue weighted by Gasteiger charge is 2.38. The number of hydrogen-bond acceptors (Lipinski definition) is 6. The normalized spacial score (nSPS) is 21.6. The molecule has 31 heavy (non-hydrogen) atoms. The van der Waals surface area contributed by atoms with Crippen LogP contribution in [0.5, 0.6) is 5.88 Å². The quantitative estimate of drug-likeness (QED) is 0.420. The summed E-state index contributed by atoms with van der Waals surface area (Å²) in [7, 11) is 0. The standard InChI is InChI=1S/C23H29FN4O3/c24-19-4-1-17(2-5-19)20-13-21(20)25-14-16-7-9-28(10-8-16)11-12-31-22-6-3-18(15-26-22)23(29)27-30/h1-6,15-16,20-21,25,30H,7-14H2,(H,27,29). The Balaban J connectivity index is 1.09. The van der Waals surface area contributed by atoms with Gasteiger partial charge in [0.05, 0.1) is 5.56 Å². The van der Waals surface area contributed by atoms with Crippen LogP contribution in [0.4, 0.5) is 4.39 Å². The van der Waals surface area contributed by atoms with E-state index in [2.05, 4.69) is 15.2 Å². The van der Waals surface area contributed by atoms with Crippen LogP contribution in [0.15, 0.2) is 42.6 Å². The molecule has 2 unspecified atom stereocenters. The number of amides is 1. The maximum absolute atomic E-state index is 13.1. The number of rotatable bonds is 9. The molecule has 1 amide bonds. The average Bonchev–Trinajstić information content (AvgIpc) is 3.59. The fourth-order valence-electron chi connectivity index (χ4n) is 4.18. The van der Waals surface area contributed by atoms with Gasteiger partial charge in [0.2, 0.25) is 5.88 Å². The van der Waals surface area contributed by atoms with Crippen LogP contribution >= 0.6 is 0 Å². The first-order valence-electron chi connectivity index (χ1n) is 10.9. The lowest BCUT2D eigenvalue weighted by Crippen LogP contribution is -2.39. The summed E-state index contributed by atoms with van der Waals surface area (Å²) in [4.78, 5) is 17.8. The number of likely N-dealkylation sites (tertiary alicyclic amines) is 1. The van der Waals surface area contributed by atoms with Crippen molar-refractivity contribution in [3.8, 4) is 5.88 Å². The molecule has 2 fully saturated rings. The number of ether oxygens (including phenoxy) is 1. The Morgan fingerprint density at radius 2 is 1.97 bits per heavy atom. The smallest absolute Gasteiger partial charge is 0.276 e. The number of aromatic nitrogens is 1. The van der Waals surface area contributed by atoms with Gasteiger partial charge in [-0.15, -0.1) is 0 Å².